The molecular formula is C108H152O12S3. The van der Waals surface area contributed by atoms with E-state index in [1.165, 1.54) is 177 Å². The summed E-state index contributed by atoms with van der Waals surface area (Å²) in [6, 6.07) is 39.8. The van der Waals surface area contributed by atoms with E-state index in [1.54, 1.807) is 18.2 Å². The van der Waals surface area contributed by atoms with Crippen molar-refractivity contribution < 1.29 is 53.8 Å². The second-order valence-electron chi connectivity index (χ2n) is 43.4. The fourth-order valence-electron chi connectivity index (χ4n) is 27.6. The van der Waals surface area contributed by atoms with E-state index in [9.17, 15) is 31.2 Å². The third-order valence-corrected chi connectivity index (χ3v) is 37.8. The number of hydrogen-bond donors (Lipinski definition) is 0. The van der Waals surface area contributed by atoms with Gasteiger partial charge in [0.2, 0.25) is 0 Å². The number of ether oxygens (including phenoxy) is 3. The van der Waals surface area contributed by atoms with Gasteiger partial charge in [-0.25, -0.2) is 0 Å². The molecule has 12 nitrogen and oxygen atoms in total. The van der Waals surface area contributed by atoms with Crippen molar-refractivity contribution in [3.05, 3.63) is 149 Å². The van der Waals surface area contributed by atoms with Gasteiger partial charge in [0.25, 0.3) is 0 Å². The molecule has 0 aliphatic heterocycles. The Morgan fingerprint density at radius 3 is 1.09 bits per heavy atom. The summed E-state index contributed by atoms with van der Waals surface area (Å²) < 4.78 is 80.2. The molecule has 0 aromatic heterocycles. The third kappa shape index (κ3) is 22.2. The highest BCUT2D eigenvalue weighted by Gasteiger charge is 2.66. The second-order valence-corrected chi connectivity index (χ2v) is 47.3. The van der Waals surface area contributed by atoms with Crippen molar-refractivity contribution in [3.63, 3.8) is 0 Å². The first-order valence-corrected chi connectivity index (χ1v) is 52.7. The highest BCUT2D eigenvalue weighted by Crippen LogP contribution is 2.66. The summed E-state index contributed by atoms with van der Waals surface area (Å²) >= 11 is 5.69. The van der Waals surface area contributed by atoms with E-state index in [0.29, 0.717) is 101 Å². The minimum Gasteiger partial charge on any atom is -0.450 e. The van der Waals surface area contributed by atoms with Crippen molar-refractivity contribution in [2.24, 2.45) is 98.6 Å². The van der Waals surface area contributed by atoms with E-state index in [1.807, 2.05) is 68.4 Å². The zero-order chi connectivity index (χ0) is 87.2. The molecule has 15 heteroatoms. The van der Waals surface area contributed by atoms with Gasteiger partial charge in [-0.2, -0.15) is 16.8 Å². The van der Waals surface area contributed by atoms with E-state index in [0.717, 1.165) is 133 Å². The van der Waals surface area contributed by atoms with E-state index in [4.69, 9.17) is 34.8 Å². The molecule has 0 radical (unpaired) electrons. The molecule has 7 atom stereocenters. The van der Waals surface area contributed by atoms with Crippen LogP contribution >= 0.6 is 12.2 Å². The number of Topliss-reactive ketones (excluding diaryl/α,β-unsaturated/α-hetero) is 1. The van der Waals surface area contributed by atoms with Gasteiger partial charge in [-0.3, -0.25) is 14.4 Å². The quantitative estimate of drug-likeness (QED) is 0.0211. The number of ketones is 1. The Morgan fingerprint density at radius 2 is 0.740 bits per heavy atom. The van der Waals surface area contributed by atoms with Gasteiger partial charge in [-0.15, -0.1) is 0 Å². The van der Waals surface area contributed by atoms with Crippen molar-refractivity contribution >= 4 is 55.2 Å². The maximum atomic E-state index is 13.2. The molecule has 21 rings (SSSR count). The molecule has 0 heterocycles. The number of carbonyl (C=O) groups is 3. The van der Waals surface area contributed by atoms with Gasteiger partial charge in [-0.05, 0) is 404 Å². The molecule has 0 N–H and O–H groups in total. The zero-order valence-electron chi connectivity index (χ0n) is 77.1. The van der Waals surface area contributed by atoms with E-state index in [2.05, 4.69) is 118 Å². The first-order chi connectivity index (χ1) is 58.8. The minimum atomic E-state index is -3.84. The molecule has 16 aliphatic carbocycles. The van der Waals surface area contributed by atoms with Gasteiger partial charge in [0.15, 0.2) is 5.05 Å². The SMILES string of the molecule is CCC(C)c1cccc(OC(=O)C(C2CCCCC2)C2CCCCC2)c1.CCC(C)c1cccc(OC(=O)CC23CC4CC(CC(C4)C2)C3)c1.CCC(C)c1cccc(OC(=S)CC23CC4CC(CC(C4)C2)C3)c1.CCC(C)c1cccc(OS(=O)(=O)C23CC4CC(CC(C4)C2)C3)c1.CCC(C)c1cccc(OS(=O)(=O)CC23CCC(CC2=O)C3(C)C)c1. The Kier molecular flexibility index (Phi) is 30.3. The molecule has 7 unspecified atom stereocenters. The molecular weight excluding hydrogens is 1590 g/mol. The van der Waals surface area contributed by atoms with Crippen molar-refractivity contribution in [2.75, 3.05) is 5.75 Å². The Hall–Kier alpha value is -5.90. The van der Waals surface area contributed by atoms with E-state index < -0.39 is 30.4 Å². The van der Waals surface area contributed by atoms with Gasteiger partial charge in [0, 0.05) is 12.8 Å². The van der Waals surface area contributed by atoms with Crippen LogP contribution in [0.15, 0.2) is 121 Å². The van der Waals surface area contributed by atoms with Crippen molar-refractivity contribution in [1.29, 1.82) is 0 Å². The minimum absolute atomic E-state index is 0.0155. The number of carbonyl (C=O) groups excluding carboxylic acids is 3. The Labute approximate surface area is 747 Å². The van der Waals surface area contributed by atoms with Gasteiger partial charge in [0.1, 0.15) is 39.3 Å². The summed E-state index contributed by atoms with van der Waals surface area (Å²) in [7, 11) is -7.42. The molecule has 16 aliphatic rings. The van der Waals surface area contributed by atoms with Crippen LogP contribution in [0.5, 0.6) is 28.7 Å². The van der Waals surface area contributed by atoms with Crippen LogP contribution in [0.1, 0.15) is 384 Å². The van der Waals surface area contributed by atoms with Crippen LogP contribution in [0, 0.1) is 98.6 Å². The average molecular weight is 1740 g/mol. The fraction of sp³-hybridized carbons (Fsp3) is 0.685. The summed E-state index contributed by atoms with van der Waals surface area (Å²) in [6.45, 7) is 25.9. The average Bonchev–Trinajstić information content (AvgIpc) is 1.59. The lowest BCUT2D eigenvalue weighted by molar-refractivity contribution is -0.145. The van der Waals surface area contributed by atoms with Crippen LogP contribution in [0.2, 0.25) is 0 Å². The standard InChI is InChI=1S/C24H36O2.C22H30O2.C22H30OS.C20H28O4S.C20H28O3S/c1-3-18(2)21-15-10-16-22(17-21)26-24(25)23(19-11-6-4-7-12-19)20-13-8-5-9-14-20;1-3-15(2)19-5-4-6-20(10-19)24-21(23)14-22-11-16-7-17(12-22)9-18(8-16)13-22;1-3-15(2)19-5-4-6-20(10-19)23-21(24)14-22-11-16-7-17(12-22)9-18(8-16)13-22;1-5-14(2)15-7-6-8-17(11-15)24-25(22,23)13-20-10-9-16(12-18(20)21)19(20,3)4;1-3-14(2)18-5-4-6-19(10-18)23-24(21,22)20-11-15-7-16(12-20)9-17(8-15)13-20/h10,15-20,23H,3-9,11-14H2,1-2H3;2*4-6,10,15-18H,3,7-9,11-14H2,1-2H3;6-8,11,14,16H,5,9-10,12-13H2,1-4H3;4-6,10,14-17H,3,7-9,11-13H2,1-2H3. The summed E-state index contributed by atoms with van der Waals surface area (Å²) in [5, 5.41) is 0.818. The highest BCUT2D eigenvalue weighted by atomic mass is 32.2. The topological polar surface area (TPSA) is 166 Å². The molecule has 674 valence electrons. The molecule has 16 fully saturated rings. The maximum absolute atomic E-state index is 13.2. The predicted molar refractivity (Wildman–Crippen MR) is 501 cm³/mol. The normalized spacial score (nSPS) is 31.0. The molecule has 14 bridgehead atoms. The number of esters is 2. The summed E-state index contributed by atoms with van der Waals surface area (Å²) in [6.07, 6.45) is 44.6. The molecule has 0 spiro atoms. The lowest BCUT2D eigenvalue weighted by atomic mass is 9.49. The zero-order valence-corrected chi connectivity index (χ0v) is 79.6. The molecule has 123 heavy (non-hydrogen) atoms. The van der Waals surface area contributed by atoms with Crippen molar-refractivity contribution in [3.8, 4) is 28.7 Å². The lowest BCUT2D eigenvalue weighted by Gasteiger charge is -2.56. The van der Waals surface area contributed by atoms with E-state index >= 15 is 0 Å². The van der Waals surface area contributed by atoms with Gasteiger partial charge in [-0.1, -0.05) is 182 Å². The smallest absolute Gasteiger partial charge is 0.315 e. The molecule has 5 aromatic carbocycles. The van der Waals surface area contributed by atoms with Gasteiger partial charge < -0.3 is 22.6 Å². The summed E-state index contributed by atoms with van der Waals surface area (Å²) in [4.78, 5) is 38.4. The van der Waals surface area contributed by atoms with Gasteiger partial charge >= 0.3 is 32.2 Å². The van der Waals surface area contributed by atoms with Crippen LogP contribution in [0.3, 0.4) is 0 Å². The van der Waals surface area contributed by atoms with Crippen LogP contribution in [-0.2, 0) is 34.6 Å². The Bertz CT molecular complexity index is 4430. The Morgan fingerprint density at radius 1 is 0.415 bits per heavy atom. The third-order valence-electron chi connectivity index (χ3n) is 34.3. The maximum Gasteiger partial charge on any atom is 0.315 e. The highest BCUT2D eigenvalue weighted by molar-refractivity contribution is 7.88. The number of benzene rings is 5. The Balaban J connectivity index is 0.000000125. The van der Waals surface area contributed by atoms with Crippen LogP contribution < -0.4 is 22.6 Å². The van der Waals surface area contributed by atoms with Crippen LogP contribution in [0.25, 0.3) is 0 Å². The monoisotopic (exact) mass is 1740 g/mol. The number of hydrogen-bond acceptors (Lipinski definition) is 13. The number of rotatable bonds is 27. The first kappa shape index (κ1) is 93.3. The molecule has 0 saturated heterocycles. The van der Waals surface area contributed by atoms with Crippen LogP contribution in [0.4, 0.5) is 0 Å². The first-order valence-electron chi connectivity index (χ1n) is 49.3. The number of thiocarbonyl (C=S) groups is 1. The predicted octanol–water partition coefficient (Wildman–Crippen LogP) is 28.3. The largest absolute Gasteiger partial charge is 0.450 e. The fourth-order valence-corrected chi connectivity index (χ4v) is 31.6. The molecule has 0 amide bonds. The second kappa shape index (κ2) is 40.0. The summed E-state index contributed by atoms with van der Waals surface area (Å²) in [5.41, 5.74) is 5.77. The summed E-state index contributed by atoms with van der Waals surface area (Å²) in [5.74, 6) is 14.4. The molecule has 5 aromatic rings. The van der Waals surface area contributed by atoms with Crippen molar-refractivity contribution in [1.82, 2.24) is 0 Å². The van der Waals surface area contributed by atoms with E-state index in [-0.39, 0.29) is 40.2 Å². The number of fused-ring (bicyclic) bond motifs is 2. The van der Waals surface area contributed by atoms with Crippen LogP contribution in [-0.4, -0.2) is 50.1 Å². The van der Waals surface area contributed by atoms with Crippen molar-refractivity contribution in [2.45, 2.75) is 361 Å². The van der Waals surface area contributed by atoms with Gasteiger partial charge in [0.05, 0.1) is 23.5 Å². The molecule has 16 saturated carbocycles. The lowest BCUT2D eigenvalue weighted by Crippen LogP contribution is -2.55.